The fraction of sp³-hybridized carbons (Fsp3) is 0.471. The van der Waals surface area contributed by atoms with Gasteiger partial charge in [-0.15, -0.1) is 10.2 Å². The topological polar surface area (TPSA) is 63.1 Å². The molecular formula is C17H21N5O. The average Bonchev–Trinajstić information content (AvgIpc) is 3.06. The maximum Gasteiger partial charge on any atom is 0.227 e. The fourth-order valence-corrected chi connectivity index (χ4v) is 3.47. The first kappa shape index (κ1) is 14.4. The van der Waals surface area contributed by atoms with Crippen molar-refractivity contribution in [2.75, 3.05) is 19.6 Å². The van der Waals surface area contributed by atoms with E-state index in [-0.39, 0.29) is 11.8 Å². The quantitative estimate of drug-likeness (QED) is 0.908. The van der Waals surface area contributed by atoms with E-state index in [9.17, 15) is 4.79 Å². The summed E-state index contributed by atoms with van der Waals surface area (Å²) in [5.74, 6) is 2.15. The molecule has 1 amide bonds. The molecule has 2 aliphatic heterocycles. The summed E-state index contributed by atoms with van der Waals surface area (Å²) in [6, 6.07) is 10.1. The van der Waals surface area contributed by atoms with Gasteiger partial charge in [-0.2, -0.15) is 0 Å². The highest BCUT2D eigenvalue weighted by molar-refractivity contribution is 5.79. The lowest BCUT2D eigenvalue weighted by Gasteiger charge is -2.32. The maximum atomic E-state index is 12.7. The summed E-state index contributed by atoms with van der Waals surface area (Å²) in [5, 5.41) is 12.0. The highest BCUT2D eigenvalue weighted by atomic mass is 16.2. The Hall–Kier alpha value is -2.21. The molecule has 4 rings (SSSR count). The largest absolute Gasteiger partial charge is 0.333 e. The van der Waals surface area contributed by atoms with Crippen molar-refractivity contribution < 1.29 is 4.79 Å². The second kappa shape index (κ2) is 6.12. The number of benzene rings is 1. The number of amides is 1. The molecule has 1 aromatic carbocycles. The lowest BCUT2D eigenvalue weighted by atomic mass is 9.98. The van der Waals surface area contributed by atoms with Crippen LogP contribution in [0.4, 0.5) is 0 Å². The number of nitrogens with zero attached hydrogens (tertiary/aromatic N) is 4. The normalized spacial score (nSPS) is 21.0. The molecule has 3 heterocycles. The van der Waals surface area contributed by atoms with Crippen molar-refractivity contribution in [3.05, 3.63) is 36.2 Å². The van der Waals surface area contributed by atoms with E-state index < -0.39 is 0 Å². The molecule has 0 aliphatic carbocycles. The highest BCUT2D eigenvalue weighted by Crippen LogP contribution is 2.23. The van der Waals surface area contributed by atoms with Crippen molar-refractivity contribution in [1.29, 1.82) is 0 Å². The van der Waals surface area contributed by atoms with Crippen molar-refractivity contribution in [3.63, 3.8) is 0 Å². The van der Waals surface area contributed by atoms with Gasteiger partial charge in [-0.3, -0.25) is 4.79 Å². The number of aromatic nitrogens is 3. The Balaban J connectivity index is 1.52. The van der Waals surface area contributed by atoms with Gasteiger partial charge in [-0.1, -0.05) is 30.3 Å². The van der Waals surface area contributed by atoms with E-state index in [2.05, 4.69) is 20.1 Å². The number of fused-ring (bicyclic) bond motifs is 1. The summed E-state index contributed by atoms with van der Waals surface area (Å²) >= 11 is 0. The molecule has 1 fully saturated rings. The van der Waals surface area contributed by atoms with E-state index in [1.165, 1.54) is 0 Å². The molecule has 6 heteroatoms. The first-order chi connectivity index (χ1) is 11.3. The standard InChI is InChI=1S/C17H21N5O/c23-17(14-7-4-8-18-11-14)21-9-10-22-15(12-21)19-20-16(22)13-5-2-1-3-6-13/h1-3,5-6,14,18H,4,7-12H2. The first-order valence-electron chi connectivity index (χ1n) is 8.30. The van der Waals surface area contributed by atoms with Crippen LogP contribution in [0.3, 0.4) is 0 Å². The molecule has 1 saturated heterocycles. The third kappa shape index (κ3) is 2.74. The van der Waals surface area contributed by atoms with Gasteiger partial charge in [-0.05, 0) is 19.4 Å². The van der Waals surface area contributed by atoms with Crippen molar-refractivity contribution in [2.24, 2.45) is 5.92 Å². The highest BCUT2D eigenvalue weighted by Gasteiger charge is 2.30. The summed E-state index contributed by atoms with van der Waals surface area (Å²) < 4.78 is 2.14. The number of rotatable bonds is 2. The van der Waals surface area contributed by atoms with Crippen LogP contribution in [0.15, 0.2) is 30.3 Å². The zero-order chi connectivity index (χ0) is 15.6. The molecule has 0 spiro atoms. The van der Waals surface area contributed by atoms with Crippen LogP contribution in [-0.4, -0.2) is 45.2 Å². The summed E-state index contributed by atoms with van der Waals surface area (Å²) in [6.45, 7) is 3.89. The number of carbonyl (C=O) groups excluding carboxylic acids is 1. The molecule has 1 atom stereocenters. The van der Waals surface area contributed by atoms with E-state index in [4.69, 9.17) is 0 Å². The lowest BCUT2D eigenvalue weighted by molar-refractivity contribution is -0.137. The molecule has 0 saturated carbocycles. The van der Waals surface area contributed by atoms with E-state index in [1.807, 2.05) is 35.2 Å². The Labute approximate surface area is 135 Å². The van der Waals surface area contributed by atoms with E-state index in [0.29, 0.717) is 6.54 Å². The van der Waals surface area contributed by atoms with Crippen LogP contribution < -0.4 is 5.32 Å². The van der Waals surface area contributed by atoms with Gasteiger partial charge in [0.2, 0.25) is 5.91 Å². The number of nitrogens with one attached hydrogen (secondary N) is 1. The first-order valence-corrected chi connectivity index (χ1v) is 8.30. The zero-order valence-electron chi connectivity index (χ0n) is 13.1. The molecular weight excluding hydrogens is 290 g/mol. The molecule has 2 aromatic rings. The Morgan fingerprint density at radius 2 is 2.04 bits per heavy atom. The number of hydrogen-bond acceptors (Lipinski definition) is 4. The minimum absolute atomic E-state index is 0.117. The average molecular weight is 311 g/mol. The SMILES string of the molecule is O=C(C1CCCNC1)N1CCn2c(nnc2-c2ccccc2)C1. The van der Waals surface area contributed by atoms with Crippen LogP contribution in [0.2, 0.25) is 0 Å². The Bertz CT molecular complexity index is 690. The van der Waals surface area contributed by atoms with Crippen molar-refractivity contribution in [3.8, 4) is 11.4 Å². The third-order valence-corrected chi connectivity index (χ3v) is 4.74. The van der Waals surface area contributed by atoms with Crippen LogP contribution in [0.25, 0.3) is 11.4 Å². The second-order valence-corrected chi connectivity index (χ2v) is 6.26. The monoisotopic (exact) mass is 311 g/mol. The minimum atomic E-state index is 0.117. The van der Waals surface area contributed by atoms with Crippen LogP contribution >= 0.6 is 0 Å². The summed E-state index contributed by atoms with van der Waals surface area (Å²) in [6.07, 6.45) is 2.07. The van der Waals surface area contributed by atoms with Gasteiger partial charge in [0, 0.05) is 25.2 Å². The zero-order valence-corrected chi connectivity index (χ0v) is 13.1. The number of carbonyl (C=O) groups is 1. The number of piperidine rings is 1. The van der Waals surface area contributed by atoms with Gasteiger partial charge in [0.15, 0.2) is 11.6 Å². The van der Waals surface area contributed by atoms with Crippen LogP contribution in [-0.2, 0) is 17.9 Å². The predicted molar refractivity (Wildman–Crippen MR) is 86.5 cm³/mol. The molecule has 0 bridgehead atoms. The van der Waals surface area contributed by atoms with Crippen molar-refractivity contribution >= 4 is 5.91 Å². The third-order valence-electron chi connectivity index (χ3n) is 4.74. The fourth-order valence-electron chi connectivity index (χ4n) is 3.47. The number of hydrogen-bond donors (Lipinski definition) is 1. The molecule has 23 heavy (non-hydrogen) atoms. The van der Waals surface area contributed by atoms with Crippen LogP contribution in [0, 0.1) is 5.92 Å². The Morgan fingerprint density at radius 1 is 1.17 bits per heavy atom. The van der Waals surface area contributed by atoms with Gasteiger partial charge in [0.1, 0.15) is 0 Å². The second-order valence-electron chi connectivity index (χ2n) is 6.26. The lowest BCUT2D eigenvalue weighted by Crippen LogP contribution is -2.46. The maximum absolute atomic E-state index is 12.7. The van der Waals surface area contributed by atoms with E-state index >= 15 is 0 Å². The van der Waals surface area contributed by atoms with Crippen LogP contribution in [0.1, 0.15) is 18.7 Å². The van der Waals surface area contributed by atoms with Gasteiger partial charge < -0.3 is 14.8 Å². The Morgan fingerprint density at radius 3 is 2.83 bits per heavy atom. The van der Waals surface area contributed by atoms with Crippen LogP contribution in [0.5, 0.6) is 0 Å². The minimum Gasteiger partial charge on any atom is -0.333 e. The molecule has 6 nitrogen and oxygen atoms in total. The van der Waals surface area contributed by atoms with Gasteiger partial charge in [0.05, 0.1) is 12.5 Å². The van der Waals surface area contributed by atoms with Gasteiger partial charge in [-0.25, -0.2) is 0 Å². The van der Waals surface area contributed by atoms with Crippen molar-refractivity contribution in [1.82, 2.24) is 25.0 Å². The molecule has 1 unspecified atom stereocenters. The molecule has 1 aromatic heterocycles. The molecule has 0 radical (unpaired) electrons. The van der Waals surface area contributed by atoms with E-state index in [1.54, 1.807) is 0 Å². The molecule has 2 aliphatic rings. The molecule has 1 N–H and O–H groups in total. The summed E-state index contributed by atoms with van der Waals surface area (Å²) in [7, 11) is 0. The molecule has 120 valence electrons. The summed E-state index contributed by atoms with van der Waals surface area (Å²) in [4.78, 5) is 14.6. The van der Waals surface area contributed by atoms with E-state index in [0.717, 1.165) is 56.2 Å². The Kier molecular flexibility index (Phi) is 3.83. The van der Waals surface area contributed by atoms with Gasteiger partial charge >= 0.3 is 0 Å². The predicted octanol–water partition coefficient (Wildman–Crippen LogP) is 1.29. The smallest absolute Gasteiger partial charge is 0.227 e. The summed E-state index contributed by atoms with van der Waals surface area (Å²) in [5.41, 5.74) is 1.07. The van der Waals surface area contributed by atoms with Gasteiger partial charge in [0.25, 0.3) is 0 Å². The van der Waals surface area contributed by atoms with Crippen molar-refractivity contribution in [2.45, 2.75) is 25.9 Å².